The molecule has 1 amide bonds. The van der Waals surface area contributed by atoms with E-state index < -0.39 is 11.6 Å². The average molecular weight is 337 g/mol. The summed E-state index contributed by atoms with van der Waals surface area (Å²) in [4.78, 5) is 14.8. The van der Waals surface area contributed by atoms with E-state index in [9.17, 15) is 10.1 Å². The molecule has 0 aromatic heterocycles. The normalized spacial score (nSPS) is 19.5. The molecule has 0 spiro atoms. The van der Waals surface area contributed by atoms with E-state index in [2.05, 4.69) is 44.0 Å². The highest BCUT2D eigenvalue weighted by Gasteiger charge is 2.37. The SMILES string of the molecule is CCCCCCN1CCC(C#N)(NC(=O)C(N)CC(C)(C)C)CC1. The van der Waals surface area contributed by atoms with Crippen LogP contribution in [0, 0.1) is 16.7 Å². The quantitative estimate of drug-likeness (QED) is 0.668. The maximum absolute atomic E-state index is 12.4. The zero-order chi connectivity index (χ0) is 18.2. The van der Waals surface area contributed by atoms with Crippen LogP contribution in [-0.2, 0) is 4.79 Å². The monoisotopic (exact) mass is 336 g/mol. The second-order valence-electron chi connectivity index (χ2n) is 8.46. The van der Waals surface area contributed by atoms with Crippen molar-refractivity contribution < 1.29 is 4.79 Å². The zero-order valence-corrected chi connectivity index (χ0v) is 16.0. The number of carbonyl (C=O) groups is 1. The summed E-state index contributed by atoms with van der Waals surface area (Å²) in [6.45, 7) is 11.3. The minimum atomic E-state index is -0.744. The van der Waals surface area contributed by atoms with E-state index in [0.717, 1.165) is 19.6 Å². The summed E-state index contributed by atoms with van der Waals surface area (Å²) in [5.41, 5.74) is 5.28. The van der Waals surface area contributed by atoms with Crippen molar-refractivity contribution in [3.63, 3.8) is 0 Å². The van der Waals surface area contributed by atoms with Crippen LogP contribution in [0.25, 0.3) is 0 Å². The predicted octanol–water partition coefficient (Wildman–Crippen LogP) is 2.80. The largest absolute Gasteiger partial charge is 0.336 e. The van der Waals surface area contributed by atoms with Crippen molar-refractivity contribution in [2.45, 2.75) is 84.2 Å². The number of nitrogens with zero attached hydrogens (tertiary/aromatic N) is 2. The molecule has 5 heteroatoms. The van der Waals surface area contributed by atoms with E-state index in [1.807, 2.05) is 0 Å². The first-order chi connectivity index (χ1) is 11.2. The summed E-state index contributed by atoms with van der Waals surface area (Å²) in [6.07, 6.45) is 7.02. The van der Waals surface area contributed by atoms with Crippen LogP contribution in [-0.4, -0.2) is 42.0 Å². The zero-order valence-electron chi connectivity index (χ0n) is 16.0. The number of nitriles is 1. The number of hydrogen-bond acceptors (Lipinski definition) is 4. The second-order valence-corrected chi connectivity index (χ2v) is 8.46. The van der Waals surface area contributed by atoms with Gasteiger partial charge in [-0.15, -0.1) is 0 Å². The van der Waals surface area contributed by atoms with Gasteiger partial charge < -0.3 is 16.0 Å². The summed E-state index contributed by atoms with van der Waals surface area (Å²) in [6, 6.07) is 1.80. The Balaban J connectivity index is 2.46. The molecule has 3 N–H and O–H groups in total. The summed E-state index contributed by atoms with van der Waals surface area (Å²) in [5, 5.41) is 12.6. The Bertz CT molecular complexity index is 428. The molecule has 1 unspecified atom stereocenters. The van der Waals surface area contributed by atoms with E-state index in [1.54, 1.807) is 0 Å². The molecule has 1 aliphatic rings. The lowest BCUT2D eigenvalue weighted by Gasteiger charge is -2.38. The van der Waals surface area contributed by atoms with E-state index in [4.69, 9.17) is 5.73 Å². The average Bonchev–Trinajstić information content (AvgIpc) is 2.51. The molecule has 5 nitrogen and oxygen atoms in total. The Hall–Kier alpha value is -1.12. The Morgan fingerprint density at radius 3 is 2.42 bits per heavy atom. The summed E-state index contributed by atoms with van der Waals surface area (Å²) < 4.78 is 0. The van der Waals surface area contributed by atoms with Gasteiger partial charge in [0.2, 0.25) is 5.91 Å². The number of likely N-dealkylation sites (tertiary alicyclic amines) is 1. The van der Waals surface area contributed by atoms with Gasteiger partial charge in [-0.2, -0.15) is 5.26 Å². The van der Waals surface area contributed by atoms with Gasteiger partial charge in [-0.25, -0.2) is 0 Å². The molecule has 0 bridgehead atoms. The van der Waals surface area contributed by atoms with Crippen LogP contribution in [0.3, 0.4) is 0 Å². The fourth-order valence-electron chi connectivity index (χ4n) is 3.27. The van der Waals surface area contributed by atoms with Gasteiger partial charge in [0, 0.05) is 13.1 Å². The van der Waals surface area contributed by atoms with Crippen LogP contribution in [0.1, 0.15) is 72.6 Å². The standard InChI is InChI=1S/C19H36N4O/c1-5-6-7-8-11-23-12-9-19(15-20,10-13-23)22-17(24)16(21)14-18(2,3)4/h16H,5-14,21H2,1-4H3,(H,22,24). The summed E-state index contributed by atoms with van der Waals surface area (Å²) in [7, 11) is 0. The Kier molecular flexibility index (Phi) is 8.18. The highest BCUT2D eigenvalue weighted by molar-refractivity contribution is 5.82. The van der Waals surface area contributed by atoms with Crippen LogP contribution in [0.5, 0.6) is 0 Å². The molecule has 0 aliphatic carbocycles. The number of rotatable bonds is 8. The number of unbranched alkanes of at least 4 members (excludes halogenated alkanes) is 3. The third-order valence-corrected chi connectivity index (χ3v) is 4.78. The maximum Gasteiger partial charge on any atom is 0.238 e. The lowest BCUT2D eigenvalue weighted by Crippen LogP contribution is -2.58. The highest BCUT2D eigenvalue weighted by Crippen LogP contribution is 2.24. The smallest absolute Gasteiger partial charge is 0.238 e. The van der Waals surface area contributed by atoms with Gasteiger partial charge in [-0.05, 0) is 37.6 Å². The summed E-state index contributed by atoms with van der Waals surface area (Å²) >= 11 is 0. The van der Waals surface area contributed by atoms with Crippen molar-refractivity contribution in [1.29, 1.82) is 5.26 Å². The molecule has 1 rings (SSSR count). The minimum Gasteiger partial charge on any atom is -0.336 e. The molecule has 0 aromatic carbocycles. The second kappa shape index (κ2) is 9.39. The van der Waals surface area contributed by atoms with Crippen LogP contribution < -0.4 is 11.1 Å². The van der Waals surface area contributed by atoms with Crippen molar-refractivity contribution >= 4 is 5.91 Å². The molecule has 0 radical (unpaired) electrons. The van der Waals surface area contributed by atoms with E-state index in [1.165, 1.54) is 25.7 Å². The molecular weight excluding hydrogens is 300 g/mol. The van der Waals surface area contributed by atoms with Gasteiger partial charge in [0.25, 0.3) is 0 Å². The van der Waals surface area contributed by atoms with Gasteiger partial charge in [-0.1, -0.05) is 47.0 Å². The molecule has 138 valence electrons. The Morgan fingerprint density at radius 1 is 1.29 bits per heavy atom. The Morgan fingerprint density at radius 2 is 1.92 bits per heavy atom. The number of carbonyl (C=O) groups excluding carboxylic acids is 1. The van der Waals surface area contributed by atoms with Crippen LogP contribution in [0.2, 0.25) is 0 Å². The molecule has 0 saturated carbocycles. The van der Waals surface area contributed by atoms with Crippen molar-refractivity contribution in [1.82, 2.24) is 10.2 Å². The third-order valence-electron chi connectivity index (χ3n) is 4.78. The van der Waals surface area contributed by atoms with Crippen molar-refractivity contribution in [3.05, 3.63) is 0 Å². The van der Waals surface area contributed by atoms with Crippen molar-refractivity contribution in [2.24, 2.45) is 11.1 Å². The lowest BCUT2D eigenvalue weighted by atomic mass is 9.86. The van der Waals surface area contributed by atoms with Gasteiger partial charge in [0.1, 0.15) is 5.54 Å². The highest BCUT2D eigenvalue weighted by atomic mass is 16.2. The maximum atomic E-state index is 12.4. The first kappa shape index (κ1) is 20.9. The predicted molar refractivity (Wildman–Crippen MR) is 98.4 cm³/mol. The number of hydrogen-bond donors (Lipinski definition) is 2. The van der Waals surface area contributed by atoms with Gasteiger partial charge >= 0.3 is 0 Å². The number of nitrogens with two attached hydrogens (primary N) is 1. The number of amides is 1. The fraction of sp³-hybridized carbons (Fsp3) is 0.895. The number of piperidine rings is 1. The van der Waals surface area contributed by atoms with E-state index in [-0.39, 0.29) is 11.3 Å². The molecule has 24 heavy (non-hydrogen) atoms. The van der Waals surface area contributed by atoms with Crippen LogP contribution in [0.4, 0.5) is 0 Å². The lowest BCUT2D eigenvalue weighted by molar-refractivity contribution is -0.124. The molecule has 1 heterocycles. The topological polar surface area (TPSA) is 82.2 Å². The van der Waals surface area contributed by atoms with Gasteiger partial charge in [-0.3, -0.25) is 4.79 Å². The Labute approximate surface area is 148 Å². The van der Waals surface area contributed by atoms with Gasteiger partial charge in [0.05, 0.1) is 12.1 Å². The molecule has 1 atom stereocenters. The minimum absolute atomic E-state index is 0.00157. The van der Waals surface area contributed by atoms with E-state index >= 15 is 0 Å². The molecule has 1 aliphatic heterocycles. The van der Waals surface area contributed by atoms with Gasteiger partial charge in [0.15, 0.2) is 0 Å². The molecular formula is C19H36N4O. The van der Waals surface area contributed by atoms with E-state index in [0.29, 0.717) is 19.3 Å². The first-order valence-electron chi connectivity index (χ1n) is 9.42. The number of nitrogens with one attached hydrogen (secondary N) is 1. The van der Waals surface area contributed by atoms with Crippen LogP contribution >= 0.6 is 0 Å². The van der Waals surface area contributed by atoms with Crippen molar-refractivity contribution in [3.8, 4) is 6.07 Å². The molecule has 0 aromatic rings. The summed E-state index contributed by atoms with van der Waals surface area (Å²) in [5.74, 6) is -0.192. The van der Waals surface area contributed by atoms with Crippen molar-refractivity contribution in [2.75, 3.05) is 19.6 Å². The molecule has 1 fully saturated rings. The fourth-order valence-corrected chi connectivity index (χ4v) is 3.27. The third kappa shape index (κ3) is 7.19. The van der Waals surface area contributed by atoms with Crippen LogP contribution in [0.15, 0.2) is 0 Å². The first-order valence-corrected chi connectivity index (χ1v) is 9.42. The molecule has 1 saturated heterocycles.